The summed E-state index contributed by atoms with van der Waals surface area (Å²) < 4.78 is 6.15. The van der Waals surface area contributed by atoms with E-state index in [4.69, 9.17) is 9.72 Å². The van der Waals surface area contributed by atoms with Gasteiger partial charge in [-0.25, -0.2) is 9.78 Å². The van der Waals surface area contributed by atoms with Crippen LogP contribution < -0.4 is 26.2 Å². The molecule has 2 aromatic carbocycles. The van der Waals surface area contributed by atoms with Gasteiger partial charge in [0.25, 0.3) is 5.91 Å². The van der Waals surface area contributed by atoms with Crippen molar-refractivity contribution in [2.75, 3.05) is 65.8 Å². The van der Waals surface area contributed by atoms with Gasteiger partial charge in [-0.3, -0.25) is 38.4 Å². The number of aromatic nitrogens is 1. The first-order valence-electron chi connectivity index (χ1n) is 32.7. The average molecular weight is 1260 g/mol. The van der Waals surface area contributed by atoms with Crippen LogP contribution in [-0.4, -0.2) is 209 Å². The van der Waals surface area contributed by atoms with E-state index in [0.29, 0.717) is 30.4 Å². The maximum Gasteiger partial charge on any atom is 0.332 e. The number of benzene rings is 2. The number of amides is 8. The van der Waals surface area contributed by atoms with Crippen molar-refractivity contribution in [3.8, 4) is 11.1 Å². The van der Waals surface area contributed by atoms with Crippen LogP contribution in [0.4, 0.5) is 5.82 Å². The van der Waals surface area contributed by atoms with Gasteiger partial charge in [0, 0.05) is 91.4 Å². The number of hydrogen-bond donors (Lipinski definition) is 5. The molecule has 0 aliphatic carbocycles. The van der Waals surface area contributed by atoms with E-state index in [9.17, 15) is 19.5 Å². The molecule has 8 amide bonds. The predicted octanol–water partition coefficient (Wildman–Crippen LogP) is 4.84. The normalized spacial score (nSPS) is 25.6. The molecule has 4 heterocycles. The molecule has 0 radical (unpaired) electrons. The summed E-state index contributed by atoms with van der Waals surface area (Å²) in [6.45, 7) is 24.0. The van der Waals surface area contributed by atoms with Crippen LogP contribution in [0.3, 0.4) is 0 Å². The zero-order valence-electron chi connectivity index (χ0n) is 56.7. The fourth-order valence-electron chi connectivity index (χ4n) is 12.9. The highest BCUT2D eigenvalue weighted by atomic mass is 16.6. The van der Waals surface area contributed by atoms with E-state index >= 15 is 28.8 Å². The van der Waals surface area contributed by atoms with Crippen LogP contribution >= 0.6 is 0 Å². The summed E-state index contributed by atoms with van der Waals surface area (Å²) in [6, 6.07) is 10.3. The Bertz CT molecular complexity index is 3000. The van der Waals surface area contributed by atoms with E-state index in [1.165, 1.54) is 61.6 Å². The quantitative estimate of drug-likeness (QED) is 0.128. The molecular weight excluding hydrogens is 1160 g/mol. The van der Waals surface area contributed by atoms with E-state index in [0.717, 1.165) is 48.0 Å². The van der Waals surface area contributed by atoms with Crippen LogP contribution in [0.25, 0.3) is 11.1 Å². The maximum absolute atomic E-state index is 15.8. The molecule has 2 unspecified atom stereocenters. The smallest absolute Gasteiger partial charge is 0.332 e. The number of nitrogens with one attached hydrogen (secondary N) is 4. The van der Waals surface area contributed by atoms with Gasteiger partial charge >= 0.3 is 5.97 Å². The molecule has 3 aliphatic rings. The van der Waals surface area contributed by atoms with Crippen LogP contribution in [0.15, 0.2) is 72.9 Å². The molecule has 5 N–H and O–H groups in total. The Kier molecular flexibility index (Phi) is 25.7. The number of carbonyl (C=O) groups is 9. The summed E-state index contributed by atoms with van der Waals surface area (Å²) in [5, 5.41) is 24.0. The van der Waals surface area contributed by atoms with Crippen LogP contribution in [0, 0.1) is 29.6 Å². The number of pyridine rings is 1. The lowest BCUT2D eigenvalue weighted by atomic mass is 9.93. The van der Waals surface area contributed by atoms with E-state index < -0.39 is 137 Å². The number of rotatable bonds is 15. The molecule has 6 rings (SSSR count). The van der Waals surface area contributed by atoms with Gasteiger partial charge in [0.2, 0.25) is 41.4 Å². The lowest BCUT2D eigenvalue weighted by Crippen LogP contribution is -2.63. The van der Waals surface area contributed by atoms with Crippen LogP contribution in [-0.2, 0) is 60.7 Å². The fraction of sp³-hybridized carbons (Fsp3) is 0.623. The molecule has 91 heavy (non-hydrogen) atoms. The number of hydrogen-bond acceptors (Lipinski definition) is 14. The summed E-state index contributed by atoms with van der Waals surface area (Å²) in [4.78, 5) is 150. The SMILES string of the molecule is CC[C@H](C)[C@@H]1NC(=O)[C@@H]2CCCN2C(=O)[C@H](Cc2cccc(-c3ccc(N4CCNCC4)nc3)c2)N(C)C(=O)[C@H](Cc2ccccc2)NC(=O)C(C(C)C)N(C)C(=O)[C@@H]([C@@H](C)CC)OC(=O)[C@H](C(C)(C)O)N(C)C(=O)[C@H](CC(C)C)NC(=O)C(C(C)C)N(C)C1=O. The zero-order valence-corrected chi connectivity index (χ0v) is 56.7. The Morgan fingerprint density at radius 1 is 0.604 bits per heavy atom. The molecule has 500 valence electrons. The molecule has 3 aromatic rings. The third kappa shape index (κ3) is 18.0. The molecule has 3 fully saturated rings. The minimum atomic E-state index is -1.99. The Labute approximate surface area is 539 Å². The van der Waals surface area contributed by atoms with Crippen molar-refractivity contribution in [3.05, 3.63) is 84.1 Å². The Morgan fingerprint density at radius 2 is 1.19 bits per heavy atom. The minimum Gasteiger partial charge on any atom is -0.450 e. The van der Waals surface area contributed by atoms with Crippen molar-refractivity contribution in [1.29, 1.82) is 0 Å². The van der Waals surface area contributed by atoms with Crippen LogP contribution in [0.1, 0.15) is 126 Å². The molecule has 22 nitrogen and oxygen atoms in total. The monoisotopic (exact) mass is 1260 g/mol. The average Bonchev–Trinajstić information content (AvgIpc) is 1.85. The molecule has 11 atom stereocenters. The van der Waals surface area contributed by atoms with Crippen molar-refractivity contribution in [2.24, 2.45) is 29.6 Å². The number of esters is 1. The number of aliphatic hydroxyl groups is 1. The first-order chi connectivity index (χ1) is 42.9. The number of ether oxygens (including phenoxy) is 1. The molecule has 0 saturated carbocycles. The number of fused-ring (bicyclic) bond motifs is 1. The third-order valence-corrected chi connectivity index (χ3v) is 18.4. The van der Waals surface area contributed by atoms with Crippen molar-refractivity contribution in [1.82, 2.24) is 50.8 Å². The van der Waals surface area contributed by atoms with Gasteiger partial charge in [-0.05, 0) is 92.0 Å². The van der Waals surface area contributed by atoms with Crippen LogP contribution in [0.2, 0.25) is 0 Å². The first kappa shape index (κ1) is 72.6. The lowest BCUT2D eigenvalue weighted by molar-refractivity contribution is -0.177. The van der Waals surface area contributed by atoms with Crippen LogP contribution in [0.5, 0.6) is 0 Å². The van der Waals surface area contributed by atoms with Gasteiger partial charge < -0.3 is 60.5 Å². The van der Waals surface area contributed by atoms with Crippen molar-refractivity contribution in [2.45, 2.75) is 188 Å². The molecule has 0 bridgehead atoms. The Balaban J connectivity index is 1.51. The van der Waals surface area contributed by atoms with Gasteiger partial charge in [-0.15, -0.1) is 0 Å². The number of likely N-dealkylation sites (N-methyl/N-ethyl adjacent to an activating group) is 4. The fourth-order valence-corrected chi connectivity index (χ4v) is 12.9. The maximum atomic E-state index is 15.8. The molecule has 1 aromatic heterocycles. The second kappa shape index (κ2) is 32.2. The third-order valence-electron chi connectivity index (χ3n) is 18.4. The molecule has 22 heteroatoms. The molecule has 0 spiro atoms. The summed E-state index contributed by atoms with van der Waals surface area (Å²) >= 11 is 0. The molecule has 3 saturated heterocycles. The van der Waals surface area contributed by atoms with E-state index in [2.05, 4.69) is 26.2 Å². The summed E-state index contributed by atoms with van der Waals surface area (Å²) in [6.07, 6.45) is 1.71. The highest BCUT2D eigenvalue weighted by Gasteiger charge is 2.48. The second-order valence-corrected chi connectivity index (χ2v) is 27.0. The highest BCUT2D eigenvalue weighted by Crippen LogP contribution is 2.29. The zero-order chi connectivity index (χ0) is 67.3. The number of nitrogens with zero attached hydrogens (tertiary/aromatic N) is 7. The van der Waals surface area contributed by atoms with Gasteiger partial charge in [0.15, 0.2) is 12.1 Å². The Morgan fingerprint density at radius 3 is 1.75 bits per heavy atom. The highest BCUT2D eigenvalue weighted by molar-refractivity contribution is 5.99. The van der Waals surface area contributed by atoms with E-state index in [-0.39, 0.29) is 38.1 Å². The Hall–Kier alpha value is -7.46. The van der Waals surface area contributed by atoms with E-state index in [1.807, 2.05) is 88.5 Å². The standard InChI is InChI=1S/C69H103N11O11/c1-17-44(9)55-66(87)76(14)56(42(5)6)61(82)72-50(36-41(3)4)64(85)78(16)59(69(11,12)90)68(89)91-58(45(10)18-2)67(88)77(15)57(43(7)8)62(83)73-51(38-46-24-20-19-21-25-46)63(84)75(13)53(65(86)80-33-23-28-52(80)60(81)74-55)39-47-26-22-27-48(37-47)49-29-30-54(71-40-49)79-34-31-70-32-35-79/h19-22,24-27,29-30,37,40-45,50-53,55-59,70,90H,17-18,23,28,31-36,38-39H2,1-16H3,(H,72,82)(H,73,83)(H,74,81)/t44-,45-,50-,51-,52-,53-,55-,56?,57?,58+,59+/m0/s1. The minimum absolute atomic E-state index is 0.0230. The van der Waals surface area contributed by atoms with Gasteiger partial charge in [0.1, 0.15) is 48.1 Å². The lowest BCUT2D eigenvalue weighted by Gasteiger charge is -2.39. The number of anilines is 1. The summed E-state index contributed by atoms with van der Waals surface area (Å²) in [7, 11) is 5.70. The molecule has 3 aliphatic heterocycles. The summed E-state index contributed by atoms with van der Waals surface area (Å²) in [5.74, 6) is -8.00. The predicted molar refractivity (Wildman–Crippen MR) is 350 cm³/mol. The number of cyclic esters (lactones) is 1. The number of piperazine rings is 1. The van der Waals surface area contributed by atoms with Gasteiger partial charge in [-0.2, -0.15) is 0 Å². The topological polar surface area (TPSA) is 264 Å². The summed E-state index contributed by atoms with van der Waals surface area (Å²) in [5.41, 5.74) is 1.03. The van der Waals surface area contributed by atoms with Crippen molar-refractivity contribution < 1.29 is 53.0 Å². The van der Waals surface area contributed by atoms with Crippen molar-refractivity contribution in [3.63, 3.8) is 0 Å². The van der Waals surface area contributed by atoms with Gasteiger partial charge in [-0.1, -0.05) is 130 Å². The van der Waals surface area contributed by atoms with Crippen molar-refractivity contribution >= 4 is 59.0 Å². The largest absolute Gasteiger partial charge is 0.450 e. The first-order valence-corrected chi connectivity index (χ1v) is 32.7. The number of carbonyl (C=O) groups excluding carboxylic acids is 9. The van der Waals surface area contributed by atoms with Gasteiger partial charge in [0.05, 0.1) is 5.60 Å². The molecular formula is C69H103N11O11. The second-order valence-electron chi connectivity index (χ2n) is 27.0. The van der Waals surface area contributed by atoms with E-state index in [1.54, 1.807) is 53.7 Å².